The molecule has 0 aromatic carbocycles. The van der Waals surface area contributed by atoms with Gasteiger partial charge in [0.05, 0.1) is 0 Å². The topological polar surface area (TPSA) is 27.3 Å². The number of nitrogens with zero attached hydrogens (tertiary/aromatic N) is 1. The molecule has 0 unspecified atom stereocenters. The Kier molecular flexibility index (Phi) is 15.8. The number of hydrogen-bond acceptors (Lipinski definition) is 3. The second kappa shape index (κ2) is 13.9. The molecule has 0 spiro atoms. The maximum atomic E-state index is 3.35. The Hall–Kier alpha value is -0.120. The van der Waals surface area contributed by atoms with Crippen molar-refractivity contribution in [3.8, 4) is 0 Å². The molecular weight excluding hydrogens is 210 g/mol. The fraction of sp³-hybridized carbons (Fsp3) is 1.00. The summed E-state index contributed by atoms with van der Waals surface area (Å²) >= 11 is 0. The zero-order valence-corrected chi connectivity index (χ0v) is 13.1. The summed E-state index contributed by atoms with van der Waals surface area (Å²) in [5.41, 5.74) is 0. The third-order valence-corrected chi connectivity index (χ3v) is 2.19. The van der Waals surface area contributed by atoms with Gasteiger partial charge in [0.1, 0.15) is 0 Å². The summed E-state index contributed by atoms with van der Waals surface area (Å²) in [5.74, 6) is 0. The Bertz CT molecular complexity index is 125. The van der Waals surface area contributed by atoms with Gasteiger partial charge in [0.25, 0.3) is 0 Å². The summed E-state index contributed by atoms with van der Waals surface area (Å²) < 4.78 is 0. The Labute approximate surface area is 109 Å². The third-order valence-electron chi connectivity index (χ3n) is 2.19. The van der Waals surface area contributed by atoms with E-state index < -0.39 is 0 Å². The largest absolute Gasteiger partial charge is 0.315 e. The van der Waals surface area contributed by atoms with E-state index >= 15 is 0 Å². The molecule has 0 fully saturated rings. The van der Waals surface area contributed by atoms with Crippen LogP contribution in [-0.2, 0) is 0 Å². The van der Waals surface area contributed by atoms with Crippen molar-refractivity contribution in [3.63, 3.8) is 0 Å². The second-order valence-electron chi connectivity index (χ2n) is 5.37. The van der Waals surface area contributed by atoms with Gasteiger partial charge in [-0.05, 0) is 27.1 Å². The van der Waals surface area contributed by atoms with E-state index in [-0.39, 0.29) is 0 Å². The van der Waals surface area contributed by atoms with Crippen molar-refractivity contribution in [3.05, 3.63) is 0 Å². The van der Waals surface area contributed by atoms with E-state index in [0.717, 1.165) is 13.1 Å². The first-order valence-corrected chi connectivity index (χ1v) is 7.01. The molecule has 0 radical (unpaired) electrons. The first-order chi connectivity index (χ1) is 7.90. The molecule has 0 bridgehead atoms. The van der Waals surface area contributed by atoms with E-state index in [4.69, 9.17) is 0 Å². The van der Waals surface area contributed by atoms with Crippen LogP contribution in [0.15, 0.2) is 0 Å². The van der Waals surface area contributed by atoms with Gasteiger partial charge >= 0.3 is 0 Å². The van der Waals surface area contributed by atoms with Gasteiger partial charge in [0, 0.05) is 25.2 Å². The molecule has 0 amide bonds. The first-order valence-electron chi connectivity index (χ1n) is 7.01. The molecule has 0 atom stereocenters. The quantitative estimate of drug-likeness (QED) is 0.643. The molecule has 2 N–H and O–H groups in total. The van der Waals surface area contributed by atoms with Gasteiger partial charge in [0.15, 0.2) is 0 Å². The van der Waals surface area contributed by atoms with Crippen LogP contribution in [0.3, 0.4) is 0 Å². The minimum atomic E-state index is 0.616. The van der Waals surface area contributed by atoms with Crippen LogP contribution in [0.25, 0.3) is 0 Å². The molecular formula is C14H35N3. The Morgan fingerprint density at radius 3 is 1.71 bits per heavy atom. The zero-order chi connectivity index (χ0) is 13.7. The van der Waals surface area contributed by atoms with Crippen LogP contribution in [-0.4, -0.2) is 50.7 Å². The minimum Gasteiger partial charge on any atom is -0.315 e. The molecule has 3 nitrogen and oxygen atoms in total. The SMILES string of the molecule is CC(C)NCCN(C)C.CCCCNC(C)C. The second-order valence-corrected chi connectivity index (χ2v) is 5.37. The minimum absolute atomic E-state index is 0.616. The van der Waals surface area contributed by atoms with Crippen molar-refractivity contribution < 1.29 is 0 Å². The summed E-state index contributed by atoms with van der Waals surface area (Å²) in [6.07, 6.45) is 2.60. The molecule has 0 saturated carbocycles. The number of likely N-dealkylation sites (N-methyl/N-ethyl adjacent to an activating group) is 1. The molecule has 0 aliphatic heterocycles. The van der Waals surface area contributed by atoms with Gasteiger partial charge in [-0.3, -0.25) is 0 Å². The molecule has 0 aromatic rings. The molecule has 17 heavy (non-hydrogen) atoms. The summed E-state index contributed by atoms with van der Waals surface area (Å²) in [6, 6.07) is 1.27. The average Bonchev–Trinajstić information content (AvgIpc) is 2.17. The van der Waals surface area contributed by atoms with Crippen LogP contribution in [0, 0.1) is 0 Å². The van der Waals surface area contributed by atoms with Crippen LogP contribution in [0.2, 0.25) is 0 Å². The lowest BCUT2D eigenvalue weighted by Crippen LogP contribution is -2.30. The Morgan fingerprint density at radius 1 is 0.882 bits per heavy atom. The van der Waals surface area contributed by atoms with Gasteiger partial charge < -0.3 is 15.5 Å². The first kappa shape index (κ1) is 19.2. The highest BCUT2D eigenvalue weighted by Gasteiger charge is 1.91. The van der Waals surface area contributed by atoms with Crippen LogP contribution < -0.4 is 10.6 Å². The number of nitrogens with one attached hydrogen (secondary N) is 2. The van der Waals surface area contributed by atoms with E-state index in [9.17, 15) is 0 Å². The standard InChI is InChI=1S/C7H18N2.C7H17N/c1-7(2)8-5-6-9(3)4;1-4-5-6-8-7(2)3/h7-8H,5-6H2,1-4H3;7-8H,4-6H2,1-3H3. The Morgan fingerprint density at radius 2 is 1.35 bits per heavy atom. The zero-order valence-electron chi connectivity index (χ0n) is 13.1. The van der Waals surface area contributed by atoms with Crippen molar-refractivity contribution in [1.29, 1.82) is 0 Å². The maximum Gasteiger partial charge on any atom is 0.0101 e. The van der Waals surface area contributed by atoms with Crippen molar-refractivity contribution in [2.75, 3.05) is 33.7 Å². The monoisotopic (exact) mass is 245 g/mol. The van der Waals surface area contributed by atoms with E-state index in [2.05, 4.69) is 64.2 Å². The number of rotatable bonds is 8. The van der Waals surface area contributed by atoms with E-state index in [0.29, 0.717) is 12.1 Å². The molecule has 0 aliphatic carbocycles. The lowest BCUT2D eigenvalue weighted by molar-refractivity contribution is 0.391. The predicted molar refractivity (Wildman–Crippen MR) is 79.7 cm³/mol. The van der Waals surface area contributed by atoms with Crippen LogP contribution in [0.5, 0.6) is 0 Å². The van der Waals surface area contributed by atoms with Gasteiger partial charge in [-0.15, -0.1) is 0 Å². The third kappa shape index (κ3) is 25.8. The highest BCUT2D eigenvalue weighted by atomic mass is 15.1. The summed E-state index contributed by atoms with van der Waals surface area (Å²) in [4.78, 5) is 2.18. The van der Waals surface area contributed by atoms with Gasteiger partial charge in [-0.25, -0.2) is 0 Å². The van der Waals surface area contributed by atoms with Crippen molar-refractivity contribution >= 4 is 0 Å². The molecule has 0 aliphatic rings. The van der Waals surface area contributed by atoms with Crippen molar-refractivity contribution in [1.82, 2.24) is 15.5 Å². The smallest absolute Gasteiger partial charge is 0.0101 e. The molecule has 0 saturated heterocycles. The normalized spacial score (nSPS) is 10.9. The molecule has 0 heterocycles. The van der Waals surface area contributed by atoms with Crippen LogP contribution in [0.4, 0.5) is 0 Å². The predicted octanol–water partition coefficient (Wildman–Crippen LogP) is 2.33. The van der Waals surface area contributed by atoms with Gasteiger partial charge in [-0.1, -0.05) is 41.0 Å². The highest BCUT2D eigenvalue weighted by molar-refractivity contribution is 4.53. The highest BCUT2D eigenvalue weighted by Crippen LogP contribution is 1.83. The molecule has 0 rings (SSSR count). The van der Waals surface area contributed by atoms with Crippen LogP contribution in [0.1, 0.15) is 47.5 Å². The lowest BCUT2D eigenvalue weighted by Gasteiger charge is -2.11. The van der Waals surface area contributed by atoms with Crippen LogP contribution >= 0.6 is 0 Å². The number of unbranched alkanes of at least 4 members (excludes halogenated alkanes) is 1. The fourth-order valence-corrected chi connectivity index (χ4v) is 1.14. The summed E-state index contributed by atoms with van der Waals surface area (Å²) in [6.45, 7) is 14.3. The fourth-order valence-electron chi connectivity index (χ4n) is 1.14. The van der Waals surface area contributed by atoms with E-state index in [1.165, 1.54) is 19.4 Å². The molecule has 106 valence electrons. The van der Waals surface area contributed by atoms with Gasteiger partial charge in [-0.2, -0.15) is 0 Å². The lowest BCUT2D eigenvalue weighted by atomic mass is 10.3. The van der Waals surface area contributed by atoms with Crippen molar-refractivity contribution in [2.45, 2.75) is 59.5 Å². The van der Waals surface area contributed by atoms with Crippen molar-refractivity contribution in [2.24, 2.45) is 0 Å². The molecule has 0 aromatic heterocycles. The average molecular weight is 245 g/mol. The van der Waals surface area contributed by atoms with Gasteiger partial charge in [0.2, 0.25) is 0 Å². The summed E-state index contributed by atoms with van der Waals surface area (Å²) in [7, 11) is 4.17. The maximum absolute atomic E-state index is 3.35. The summed E-state index contributed by atoms with van der Waals surface area (Å²) in [5, 5.41) is 6.68. The number of hydrogen-bond donors (Lipinski definition) is 2. The molecule has 3 heteroatoms. The van der Waals surface area contributed by atoms with E-state index in [1.807, 2.05) is 0 Å². The van der Waals surface area contributed by atoms with E-state index in [1.54, 1.807) is 0 Å². The Balaban J connectivity index is 0.